The molecule has 4 heterocycles. The molecular formula is C35H47ClN6O3. The standard InChI is InChI=1S/C35H47ClN6O3/c1-24-20-25(22-30(36)33(24)37)21-27(34(44)41-17-9-28(10-18-41)39-13-4-5-14-39)23-32(43)40-15-11-29(12-16-40)42-19-8-26-6-2-3-7-31(26)38-35(42)45/h2-3,6-7,20,22,27-29H,4-5,8-19,21,23,37H2,1H3,(H,38,45)/t27-/m0/s1. The van der Waals surface area contributed by atoms with Crippen molar-refractivity contribution in [1.82, 2.24) is 19.6 Å². The van der Waals surface area contributed by atoms with Gasteiger partial charge in [0.15, 0.2) is 0 Å². The van der Waals surface area contributed by atoms with Crippen LogP contribution in [0.15, 0.2) is 36.4 Å². The Labute approximate surface area is 272 Å². The minimum atomic E-state index is -0.465. The number of benzene rings is 2. The number of hydrogen-bond acceptors (Lipinski definition) is 5. The Balaban J connectivity index is 1.09. The lowest BCUT2D eigenvalue weighted by Crippen LogP contribution is -2.51. The number of carbonyl (C=O) groups is 3. The number of nitrogen functional groups attached to an aromatic ring is 1. The average Bonchev–Trinajstić information content (AvgIpc) is 3.53. The second-order valence-electron chi connectivity index (χ2n) is 13.4. The molecule has 3 fully saturated rings. The number of nitrogens with one attached hydrogen (secondary N) is 1. The smallest absolute Gasteiger partial charge is 0.322 e. The zero-order valence-corrected chi connectivity index (χ0v) is 27.2. The lowest BCUT2D eigenvalue weighted by molar-refractivity contribution is -0.143. The Morgan fingerprint density at radius 1 is 0.933 bits per heavy atom. The summed E-state index contributed by atoms with van der Waals surface area (Å²) in [7, 11) is 0. The molecule has 0 unspecified atom stereocenters. The molecule has 4 aliphatic heterocycles. The second kappa shape index (κ2) is 14.0. The van der Waals surface area contributed by atoms with Crippen molar-refractivity contribution >= 4 is 40.8 Å². The van der Waals surface area contributed by atoms with E-state index in [0.29, 0.717) is 42.8 Å². The molecule has 0 aliphatic carbocycles. The van der Waals surface area contributed by atoms with Gasteiger partial charge in [-0.1, -0.05) is 35.9 Å². The van der Waals surface area contributed by atoms with Crippen LogP contribution in [0, 0.1) is 12.8 Å². The van der Waals surface area contributed by atoms with Gasteiger partial charge in [0.2, 0.25) is 11.8 Å². The fourth-order valence-corrected chi connectivity index (χ4v) is 8.09. The number of anilines is 2. The van der Waals surface area contributed by atoms with Crippen LogP contribution in [-0.4, -0.2) is 95.3 Å². The predicted octanol–water partition coefficient (Wildman–Crippen LogP) is 4.95. The average molecular weight is 635 g/mol. The highest BCUT2D eigenvalue weighted by Crippen LogP contribution is 2.30. The largest absolute Gasteiger partial charge is 0.397 e. The molecule has 4 amide bonds. The SMILES string of the molecule is Cc1cc(C[C@@H](CC(=O)N2CCC(N3CCc4ccccc4NC3=O)CC2)C(=O)N2CCC(N3CCCC3)CC2)cc(Cl)c1N. The summed E-state index contributed by atoms with van der Waals surface area (Å²) < 4.78 is 0. The maximum Gasteiger partial charge on any atom is 0.322 e. The van der Waals surface area contributed by atoms with Crippen molar-refractivity contribution in [3.8, 4) is 0 Å². The number of carbonyl (C=O) groups excluding carboxylic acids is 3. The Kier molecular flexibility index (Phi) is 9.85. The number of para-hydroxylation sites is 1. The van der Waals surface area contributed by atoms with Crippen LogP contribution >= 0.6 is 11.6 Å². The first kappa shape index (κ1) is 31.7. The van der Waals surface area contributed by atoms with Crippen molar-refractivity contribution in [3.05, 3.63) is 58.1 Å². The first-order chi connectivity index (χ1) is 21.8. The van der Waals surface area contributed by atoms with Gasteiger partial charge in [0.1, 0.15) is 0 Å². The van der Waals surface area contributed by atoms with Crippen molar-refractivity contribution < 1.29 is 14.4 Å². The monoisotopic (exact) mass is 634 g/mol. The van der Waals surface area contributed by atoms with Crippen LogP contribution in [0.2, 0.25) is 5.02 Å². The third-order valence-corrected chi connectivity index (χ3v) is 10.8. The number of amides is 4. The van der Waals surface area contributed by atoms with Gasteiger partial charge in [0.05, 0.1) is 16.6 Å². The van der Waals surface area contributed by atoms with E-state index in [-0.39, 0.29) is 30.3 Å². The van der Waals surface area contributed by atoms with E-state index in [1.807, 2.05) is 52.0 Å². The molecule has 0 saturated carbocycles. The number of piperidine rings is 2. The van der Waals surface area contributed by atoms with Crippen LogP contribution < -0.4 is 11.1 Å². The molecule has 10 heteroatoms. The summed E-state index contributed by atoms with van der Waals surface area (Å²) in [6, 6.07) is 12.3. The van der Waals surface area contributed by atoms with Crippen molar-refractivity contribution in [2.24, 2.45) is 5.92 Å². The number of halogens is 1. The minimum absolute atomic E-state index is 0.00439. The lowest BCUT2D eigenvalue weighted by atomic mass is 9.91. The highest BCUT2D eigenvalue weighted by Gasteiger charge is 2.35. The number of urea groups is 1. The molecule has 242 valence electrons. The number of aryl methyl sites for hydroxylation is 1. The van der Waals surface area contributed by atoms with E-state index >= 15 is 0 Å². The van der Waals surface area contributed by atoms with Gasteiger partial charge in [0, 0.05) is 56.9 Å². The summed E-state index contributed by atoms with van der Waals surface area (Å²) in [5.41, 5.74) is 10.5. The van der Waals surface area contributed by atoms with Gasteiger partial charge in [-0.05, 0) is 100 Å². The molecule has 4 aliphatic rings. The molecule has 0 bridgehead atoms. The highest BCUT2D eigenvalue weighted by molar-refractivity contribution is 6.33. The number of fused-ring (bicyclic) bond motifs is 1. The normalized spacial score (nSPS) is 20.9. The molecule has 2 aromatic carbocycles. The first-order valence-corrected chi connectivity index (χ1v) is 17.1. The minimum Gasteiger partial charge on any atom is -0.397 e. The molecule has 9 nitrogen and oxygen atoms in total. The number of nitrogens with two attached hydrogens (primary N) is 1. The van der Waals surface area contributed by atoms with Gasteiger partial charge >= 0.3 is 6.03 Å². The topological polar surface area (TPSA) is 102 Å². The van der Waals surface area contributed by atoms with Crippen LogP contribution in [-0.2, 0) is 22.4 Å². The first-order valence-electron chi connectivity index (χ1n) is 16.8. The van der Waals surface area contributed by atoms with E-state index in [1.54, 1.807) is 0 Å². The number of likely N-dealkylation sites (tertiary alicyclic amines) is 3. The summed E-state index contributed by atoms with van der Waals surface area (Å²) in [6.45, 7) is 7.54. The van der Waals surface area contributed by atoms with Crippen LogP contribution in [0.25, 0.3) is 0 Å². The number of rotatable bonds is 7. The van der Waals surface area contributed by atoms with Gasteiger partial charge in [-0.25, -0.2) is 4.79 Å². The second-order valence-corrected chi connectivity index (χ2v) is 13.8. The van der Waals surface area contributed by atoms with Gasteiger partial charge < -0.3 is 30.7 Å². The van der Waals surface area contributed by atoms with Gasteiger partial charge in [-0.3, -0.25) is 9.59 Å². The summed E-state index contributed by atoms with van der Waals surface area (Å²) in [5, 5.41) is 3.55. The molecule has 3 saturated heterocycles. The Morgan fingerprint density at radius 3 is 2.31 bits per heavy atom. The van der Waals surface area contributed by atoms with E-state index in [0.717, 1.165) is 67.6 Å². The van der Waals surface area contributed by atoms with E-state index in [4.69, 9.17) is 17.3 Å². The van der Waals surface area contributed by atoms with Crippen molar-refractivity contribution in [3.63, 3.8) is 0 Å². The van der Waals surface area contributed by atoms with Crippen LogP contribution in [0.3, 0.4) is 0 Å². The Morgan fingerprint density at radius 2 is 1.60 bits per heavy atom. The molecule has 1 atom stereocenters. The fraction of sp³-hybridized carbons (Fsp3) is 0.571. The maximum absolute atomic E-state index is 14.0. The predicted molar refractivity (Wildman–Crippen MR) is 178 cm³/mol. The molecule has 0 aromatic heterocycles. The van der Waals surface area contributed by atoms with E-state index in [2.05, 4.69) is 16.3 Å². The molecule has 45 heavy (non-hydrogen) atoms. The third kappa shape index (κ3) is 7.25. The van der Waals surface area contributed by atoms with Gasteiger partial charge in [0.25, 0.3) is 0 Å². The summed E-state index contributed by atoms with van der Waals surface area (Å²) in [4.78, 5) is 49.3. The van der Waals surface area contributed by atoms with Crippen molar-refractivity contribution in [2.75, 3.05) is 56.9 Å². The molecule has 0 radical (unpaired) electrons. The third-order valence-electron chi connectivity index (χ3n) is 10.5. The van der Waals surface area contributed by atoms with E-state index in [9.17, 15) is 14.4 Å². The zero-order valence-electron chi connectivity index (χ0n) is 26.5. The van der Waals surface area contributed by atoms with Crippen LogP contribution in [0.4, 0.5) is 16.2 Å². The van der Waals surface area contributed by atoms with E-state index < -0.39 is 5.92 Å². The highest BCUT2D eigenvalue weighted by atomic mass is 35.5. The molecule has 2 aromatic rings. The molecule has 0 spiro atoms. The Hall–Kier alpha value is -3.30. The maximum atomic E-state index is 14.0. The quantitative estimate of drug-likeness (QED) is 0.420. The summed E-state index contributed by atoms with van der Waals surface area (Å²) >= 11 is 6.43. The molecular weight excluding hydrogens is 588 g/mol. The Bertz CT molecular complexity index is 1370. The molecule has 6 rings (SSSR count). The summed E-state index contributed by atoms with van der Waals surface area (Å²) in [6.07, 6.45) is 7.38. The molecule has 3 N–H and O–H groups in total. The van der Waals surface area contributed by atoms with Crippen molar-refractivity contribution in [2.45, 2.75) is 76.8 Å². The van der Waals surface area contributed by atoms with Crippen LogP contribution in [0.5, 0.6) is 0 Å². The number of hydrogen-bond donors (Lipinski definition) is 2. The van der Waals surface area contributed by atoms with Crippen molar-refractivity contribution in [1.29, 1.82) is 0 Å². The van der Waals surface area contributed by atoms with E-state index in [1.165, 1.54) is 25.9 Å². The fourth-order valence-electron chi connectivity index (χ4n) is 7.80. The lowest BCUT2D eigenvalue weighted by Gasteiger charge is -2.39. The zero-order chi connectivity index (χ0) is 31.5. The van der Waals surface area contributed by atoms with Crippen LogP contribution in [0.1, 0.15) is 61.6 Å². The summed E-state index contributed by atoms with van der Waals surface area (Å²) in [5.74, 6) is -0.401. The van der Waals surface area contributed by atoms with Gasteiger partial charge in [-0.2, -0.15) is 0 Å². The van der Waals surface area contributed by atoms with Gasteiger partial charge in [-0.15, -0.1) is 0 Å². The number of nitrogens with zero attached hydrogens (tertiary/aromatic N) is 4.